The Morgan fingerprint density at radius 1 is 0.400 bits per heavy atom. The summed E-state index contributed by atoms with van der Waals surface area (Å²) in [4.78, 5) is 0. The van der Waals surface area contributed by atoms with E-state index in [0.29, 0.717) is 0 Å². The van der Waals surface area contributed by atoms with Gasteiger partial charge < -0.3 is 0 Å². The van der Waals surface area contributed by atoms with Gasteiger partial charge in [-0.25, -0.2) is 17.7 Å². The molecule has 0 heterocycles. The first-order valence-corrected chi connectivity index (χ1v) is 12.7. The second-order valence-electron chi connectivity index (χ2n) is 8.52. The molecule has 4 aromatic carbocycles. The molecule has 4 aromatic rings. The minimum absolute atomic E-state index is 0. The van der Waals surface area contributed by atoms with Crippen LogP contribution < -0.4 is 47.3 Å². The molecule has 0 spiro atoms. The maximum atomic E-state index is 2.41. The predicted octanol–water partition coefficient (Wildman–Crippen LogP) is 1.30. The van der Waals surface area contributed by atoms with E-state index in [9.17, 15) is 0 Å². The van der Waals surface area contributed by atoms with Crippen molar-refractivity contribution in [2.24, 2.45) is 0 Å². The molecule has 30 heavy (non-hydrogen) atoms. The van der Waals surface area contributed by atoms with E-state index in [-0.39, 0.29) is 29.6 Å². The van der Waals surface area contributed by atoms with E-state index in [2.05, 4.69) is 125 Å². The molecular weight excluding hydrogens is 386 g/mol. The number of rotatable bonds is 4. The smallest absolute Gasteiger partial charge is 0.218 e. The fourth-order valence-corrected chi connectivity index (χ4v) is 10.9. The Balaban J connectivity index is 0.00000256. The van der Waals surface area contributed by atoms with Crippen molar-refractivity contribution in [2.45, 2.75) is 27.7 Å². The first-order valence-electron chi connectivity index (χ1n) is 10.4. The van der Waals surface area contributed by atoms with Crippen LogP contribution in [0.25, 0.3) is 0 Å². The number of hydrogen-bond acceptors (Lipinski definition) is 0. The third kappa shape index (κ3) is 4.38. The first-order chi connectivity index (χ1) is 14.0. The molecule has 0 N–H and O–H groups in total. The van der Waals surface area contributed by atoms with E-state index in [1.54, 1.807) is 0 Å². The average molecular weight is 415 g/mol. The molecule has 144 valence electrons. The van der Waals surface area contributed by atoms with Crippen LogP contribution in [0.15, 0.2) is 97.1 Å². The van der Waals surface area contributed by atoms with E-state index in [1.807, 2.05) is 0 Å². The predicted molar refractivity (Wildman–Crippen MR) is 129 cm³/mol. The molecule has 0 saturated carbocycles. The molecule has 0 aliphatic carbocycles. The van der Waals surface area contributed by atoms with Crippen LogP contribution in [0.5, 0.6) is 0 Å². The fourth-order valence-electron chi connectivity index (χ4n) is 4.91. The summed E-state index contributed by atoms with van der Waals surface area (Å²) in [7, 11) is 0. The Morgan fingerprint density at radius 2 is 0.633 bits per heavy atom. The van der Waals surface area contributed by atoms with E-state index < -0.39 is 13.1 Å². The van der Waals surface area contributed by atoms with Crippen molar-refractivity contribution in [3.63, 3.8) is 0 Å². The van der Waals surface area contributed by atoms with Gasteiger partial charge in [0.1, 0.15) is 0 Å². The Kier molecular flexibility index (Phi) is 7.46. The number of hydrogen-bond donors (Lipinski definition) is 0. The summed E-state index contributed by atoms with van der Waals surface area (Å²) in [6, 6.07) is 36.8. The van der Waals surface area contributed by atoms with Crippen LogP contribution in [-0.2, 0) is 0 Å². The molecule has 0 fully saturated rings. The summed E-state index contributed by atoms with van der Waals surface area (Å²) in [5.74, 6) is 0. The molecule has 0 amide bonds. The summed E-state index contributed by atoms with van der Waals surface area (Å²) in [5, 5.41) is 0. The summed E-state index contributed by atoms with van der Waals surface area (Å²) in [6.45, 7) is 8.82. The zero-order valence-corrected chi connectivity index (χ0v) is 22.0. The molecular formula is C28H28AlNa. The van der Waals surface area contributed by atoms with Gasteiger partial charge in [-0.2, -0.15) is 0 Å². The van der Waals surface area contributed by atoms with Crippen LogP contribution in [0, 0.1) is 27.7 Å². The van der Waals surface area contributed by atoms with E-state index in [0.717, 1.165) is 0 Å². The van der Waals surface area contributed by atoms with E-state index in [1.165, 1.54) is 40.0 Å². The molecule has 0 radical (unpaired) electrons. The zero-order chi connectivity index (χ0) is 20.4. The van der Waals surface area contributed by atoms with Crippen LogP contribution in [-0.4, -0.2) is 13.1 Å². The number of benzene rings is 4. The monoisotopic (exact) mass is 414 g/mol. The van der Waals surface area contributed by atoms with Crippen LogP contribution in [0.3, 0.4) is 0 Å². The van der Waals surface area contributed by atoms with Crippen molar-refractivity contribution in [1.29, 1.82) is 0 Å². The molecule has 0 nitrogen and oxygen atoms in total. The normalized spacial score (nSPS) is 11.1. The second kappa shape index (κ2) is 9.70. The summed E-state index contributed by atoms with van der Waals surface area (Å²) in [5.41, 5.74) is 5.28. The van der Waals surface area contributed by atoms with Crippen molar-refractivity contribution in [3.8, 4) is 0 Å². The molecule has 0 atom stereocenters. The summed E-state index contributed by atoms with van der Waals surface area (Å²) in [6.07, 6.45) is 0. The minimum Gasteiger partial charge on any atom is -0.218 e. The SMILES string of the molecule is Cc1ccc[c]([Al-]([c]2cccc(C)c2)([c]2cccc(C)c2)[c]2cccc(C)c2)c1.[Na+]. The molecule has 0 bridgehead atoms. The molecule has 0 aromatic heterocycles. The quantitative estimate of drug-likeness (QED) is 0.442. The van der Waals surface area contributed by atoms with Gasteiger partial charge in [-0.05, 0) is 27.7 Å². The van der Waals surface area contributed by atoms with Crippen molar-refractivity contribution in [1.82, 2.24) is 0 Å². The Morgan fingerprint density at radius 3 is 0.833 bits per heavy atom. The standard InChI is InChI=1S/4C7H7.Al.Na/c4*1-7-5-3-2-4-6-7;;/h4*2-3,5-6H,1H3;;/q;;;;-1;+1. The van der Waals surface area contributed by atoms with Crippen molar-refractivity contribution < 1.29 is 29.6 Å². The van der Waals surface area contributed by atoms with Crippen molar-refractivity contribution in [3.05, 3.63) is 119 Å². The van der Waals surface area contributed by atoms with E-state index in [4.69, 9.17) is 0 Å². The van der Waals surface area contributed by atoms with Crippen LogP contribution in [0.4, 0.5) is 0 Å². The summed E-state index contributed by atoms with van der Waals surface area (Å²) < 4.78 is 5.89. The molecule has 0 saturated heterocycles. The topological polar surface area (TPSA) is 0 Å². The average Bonchev–Trinajstić information content (AvgIpc) is 2.69. The zero-order valence-electron chi connectivity index (χ0n) is 18.8. The molecule has 2 heteroatoms. The molecule has 0 unspecified atom stereocenters. The molecule has 0 aliphatic rings. The van der Waals surface area contributed by atoms with Gasteiger partial charge in [-0.1, -0.05) is 70.8 Å². The summed E-state index contributed by atoms with van der Waals surface area (Å²) >= 11 is -2.84. The maximum Gasteiger partial charge on any atom is 1.00 e. The van der Waals surface area contributed by atoms with Crippen molar-refractivity contribution in [2.75, 3.05) is 0 Å². The van der Waals surface area contributed by atoms with Gasteiger partial charge in [-0.3, -0.25) is 0 Å². The maximum absolute atomic E-state index is 2.84. The van der Waals surface area contributed by atoms with Crippen LogP contribution in [0.2, 0.25) is 0 Å². The minimum atomic E-state index is -2.84. The fraction of sp³-hybridized carbons (Fsp3) is 0.143. The van der Waals surface area contributed by atoms with Crippen LogP contribution >= 0.6 is 0 Å². The van der Waals surface area contributed by atoms with Gasteiger partial charge in [0, 0.05) is 0 Å². The van der Waals surface area contributed by atoms with Gasteiger partial charge in [0.25, 0.3) is 13.1 Å². The third-order valence-electron chi connectivity index (χ3n) is 6.17. The van der Waals surface area contributed by atoms with Gasteiger partial charge in [-0.15, -0.1) is 48.5 Å². The molecule has 0 aliphatic heterocycles. The van der Waals surface area contributed by atoms with Gasteiger partial charge in [0.15, 0.2) is 0 Å². The second-order valence-corrected chi connectivity index (χ2v) is 12.9. The molecule has 4 rings (SSSR count). The van der Waals surface area contributed by atoms with Crippen molar-refractivity contribution >= 4 is 30.8 Å². The third-order valence-corrected chi connectivity index (χ3v) is 11.6. The number of aryl methyl sites for hydroxylation is 4. The first kappa shape index (κ1) is 23.1. The Bertz CT molecular complexity index is 975. The van der Waals surface area contributed by atoms with Gasteiger partial charge in [0.05, 0.1) is 0 Å². The van der Waals surface area contributed by atoms with Crippen LogP contribution in [0.1, 0.15) is 22.3 Å². The van der Waals surface area contributed by atoms with Gasteiger partial charge in [0.2, 0.25) is 0 Å². The Labute approximate surface area is 206 Å². The largest absolute Gasteiger partial charge is 1.00 e. The van der Waals surface area contributed by atoms with E-state index >= 15 is 0 Å². The van der Waals surface area contributed by atoms with Gasteiger partial charge >= 0.3 is 29.6 Å². The Hall–Kier alpha value is -1.59.